The predicted octanol–water partition coefficient (Wildman–Crippen LogP) is 6.07. The molecule has 0 spiro atoms. The fraction of sp³-hybridized carbons (Fsp3) is 0.321. The van der Waals surface area contributed by atoms with E-state index >= 15 is 0 Å². The molecule has 8 heteroatoms. The fourth-order valence-electron chi connectivity index (χ4n) is 4.76. The van der Waals surface area contributed by atoms with Crippen LogP contribution in [0.5, 0.6) is 0 Å². The monoisotopic (exact) mass is 503 g/mol. The van der Waals surface area contributed by atoms with E-state index in [2.05, 4.69) is 10.6 Å². The highest BCUT2D eigenvalue weighted by molar-refractivity contribution is 6.30. The highest BCUT2D eigenvalue weighted by Gasteiger charge is 2.25. The minimum absolute atomic E-state index is 0.0960. The zero-order valence-electron chi connectivity index (χ0n) is 20.7. The number of benzene rings is 2. The Balaban J connectivity index is 1.20. The van der Waals surface area contributed by atoms with E-state index in [-0.39, 0.29) is 18.0 Å². The molecule has 0 bridgehead atoms. The molecule has 2 aromatic heterocycles. The number of anilines is 2. The summed E-state index contributed by atoms with van der Waals surface area (Å²) < 4.78 is 5.86. The zero-order chi connectivity index (χ0) is 25.2. The Bertz CT molecular complexity index is 1370. The molecule has 1 amide bonds. The van der Waals surface area contributed by atoms with Crippen LogP contribution in [0.15, 0.2) is 59.0 Å². The van der Waals surface area contributed by atoms with Gasteiger partial charge in [0, 0.05) is 42.2 Å². The molecular formula is C28H30ClN5O2. The summed E-state index contributed by atoms with van der Waals surface area (Å²) in [6.45, 7) is 1.82. The van der Waals surface area contributed by atoms with Gasteiger partial charge < -0.3 is 20.0 Å². The lowest BCUT2D eigenvalue weighted by Gasteiger charge is -2.30. The molecule has 2 heterocycles. The smallest absolute Gasteiger partial charge is 0.255 e. The Hall–Kier alpha value is -3.58. The van der Waals surface area contributed by atoms with E-state index in [9.17, 15) is 4.79 Å². The normalized spacial score (nSPS) is 17.7. The van der Waals surface area contributed by atoms with Gasteiger partial charge >= 0.3 is 0 Å². The summed E-state index contributed by atoms with van der Waals surface area (Å²) in [6, 6.07) is 17.6. The number of carbonyl (C=O) groups excluding carboxylic acids is 1. The van der Waals surface area contributed by atoms with Gasteiger partial charge in [0.05, 0.1) is 11.1 Å². The van der Waals surface area contributed by atoms with E-state index in [1.165, 1.54) is 0 Å². The van der Waals surface area contributed by atoms with Crippen LogP contribution in [0.2, 0.25) is 5.02 Å². The molecule has 5 rings (SSSR count). The van der Waals surface area contributed by atoms with Crippen molar-refractivity contribution in [2.75, 3.05) is 24.3 Å². The van der Waals surface area contributed by atoms with Crippen LogP contribution in [0.4, 0.5) is 11.8 Å². The maximum atomic E-state index is 13.0. The molecule has 36 heavy (non-hydrogen) atoms. The average Bonchev–Trinajstić information content (AvgIpc) is 3.26. The number of nitrogens with one attached hydrogen (secondary N) is 2. The second kappa shape index (κ2) is 10.2. The van der Waals surface area contributed by atoms with Gasteiger partial charge in [0.2, 0.25) is 5.95 Å². The lowest BCUT2D eigenvalue weighted by Crippen LogP contribution is -2.40. The van der Waals surface area contributed by atoms with Crippen LogP contribution in [-0.4, -0.2) is 42.1 Å². The van der Waals surface area contributed by atoms with Gasteiger partial charge in [0.15, 0.2) is 0 Å². The van der Waals surface area contributed by atoms with Crippen molar-refractivity contribution in [1.82, 2.24) is 15.3 Å². The van der Waals surface area contributed by atoms with Crippen LogP contribution < -0.4 is 15.5 Å². The molecule has 7 nitrogen and oxygen atoms in total. The van der Waals surface area contributed by atoms with Gasteiger partial charge in [0.1, 0.15) is 17.3 Å². The predicted molar refractivity (Wildman–Crippen MR) is 145 cm³/mol. The van der Waals surface area contributed by atoms with Gasteiger partial charge in [-0.05, 0) is 75.1 Å². The maximum absolute atomic E-state index is 13.0. The van der Waals surface area contributed by atoms with Crippen molar-refractivity contribution >= 4 is 40.2 Å². The highest BCUT2D eigenvalue weighted by atomic mass is 35.5. The number of halogens is 1. The minimum atomic E-state index is -0.0960. The molecule has 0 radical (unpaired) electrons. The second-order valence-corrected chi connectivity index (χ2v) is 9.97. The van der Waals surface area contributed by atoms with Crippen molar-refractivity contribution in [3.63, 3.8) is 0 Å². The minimum Gasteiger partial charge on any atom is -0.461 e. The molecule has 1 aliphatic carbocycles. The van der Waals surface area contributed by atoms with Crippen molar-refractivity contribution in [2.45, 2.75) is 44.7 Å². The van der Waals surface area contributed by atoms with Crippen molar-refractivity contribution in [3.05, 3.63) is 70.9 Å². The van der Waals surface area contributed by atoms with Crippen LogP contribution in [0.25, 0.3) is 22.2 Å². The highest BCUT2D eigenvalue weighted by Crippen LogP contribution is 2.29. The number of rotatable bonds is 6. The van der Waals surface area contributed by atoms with Crippen molar-refractivity contribution < 1.29 is 9.21 Å². The molecule has 186 valence electrons. The number of hydrogen-bond acceptors (Lipinski definition) is 6. The van der Waals surface area contributed by atoms with Crippen molar-refractivity contribution in [2.24, 2.45) is 0 Å². The molecule has 0 aliphatic heterocycles. The topological polar surface area (TPSA) is 83.3 Å². The quantitative estimate of drug-likeness (QED) is 0.332. The Labute approximate surface area is 215 Å². The summed E-state index contributed by atoms with van der Waals surface area (Å²) in [7, 11) is 3.99. The third-order valence-corrected chi connectivity index (χ3v) is 6.95. The summed E-state index contributed by atoms with van der Waals surface area (Å²) in [5.41, 5.74) is 2.38. The van der Waals surface area contributed by atoms with Crippen LogP contribution in [0, 0.1) is 6.92 Å². The molecule has 2 aromatic carbocycles. The molecule has 0 unspecified atom stereocenters. The lowest BCUT2D eigenvalue weighted by molar-refractivity contribution is 0.0925. The third-order valence-electron chi connectivity index (χ3n) is 6.69. The van der Waals surface area contributed by atoms with Crippen LogP contribution in [0.1, 0.15) is 41.8 Å². The van der Waals surface area contributed by atoms with Crippen LogP contribution in [0.3, 0.4) is 0 Å². The van der Waals surface area contributed by atoms with Crippen LogP contribution in [-0.2, 0) is 0 Å². The standard InChI is InChI=1S/C28H30ClN5O2/c1-17-23(16-25(36-17)18-8-10-19(29)11-9-18)27(35)30-20-12-14-21(15-13-20)31-28-32-24-7-5-4-6-22(24)26(33-28)34(2)3/h4-11,16,20-21H,12-15H2,1-3H3,(H,30,35)(H,31,32,33). The molecule has 0 atom stereocenters. The van der Waals surface area contributed by atoms with Gasteiger partial charge in [0.25, 0.3) is 5.91 Å². The van der Waals surface area contributed by atoms with E-state index in [0.29, 0.717) is 28.1 Å². The number of amides is 1. The number of furan rings is 1. The van der Waals surface area contributed by atoms with E-state index in [0.717, 1.165) is 48.0 Å². The van der Waals surface area contributed by atoms with E-state index in [1.54, 1.807) is 6.07 Å². The van der Waals surface area contributed by atoms with Crippen molar-refractivity contribution in [1.29, 1.82) is 0 Å². The molecule has 1 saturated carbocycles. The Kier molecular flexibility index (Phi) is 6.83. The molecule has 4 aromatic rings. The Morgan fingerprint density at radius 2 is 1.69 bits per heavy atom. The summed E-state index contributed by atoms with van der Waals surface area (Å²) in [5, 5.41) is 8.42. The number of hydrogen-bond donors (Lipinski definition) is 2. The first-order valence-electron chi connectivity index (χ1n) is 12.3. The van der Waals surface area contributed by atoms with E-state index < -0.39 is 0 Å². The summed E-state index contributed by atoms with van der Waals surface area (Å²) in [6.07, 6.45) is 3.63. The zero-order valence-corrected chi connectivity index (χ0v) is 21.5. The number of aromatic nitrogens is 2. The Morgan fingerprint density at radius 1 is 1.00 bits per heavy atom. The number of aryl methyl sites for hydroxylation is 1. The summed E-state index contributed by atoms with van der Waals surface area (Å²) >= 11 is 5.98. The van der Waals surface area contributed by atoms with Crippen molar-refractivity contribution in [3.8, 4) is 11.3 Å². The van der Waals surface area contributed by atoms with E-state index in [4.69, 9.17) is 26.0 Å². The molecule has 1 aliphatic rings. The molecule has 1 fully saturated rings. The molecular weight excluding hydrogens is 474 g/mol. The largest absolute Gasteiger partial charge is 0.461 e. The van der Waals surface area contributed by atoms with Gasteiger partial charge in [-0.2, -0.15) is 4.98 Å². The molecule has 2 N–H and O–H groups in total. The number of nitrogens with zero attached hydrogens (tertiary/aromatic N) is 3. The van der Waals surface area contributed by atoms with Crippen LogP contribution >= 0.6 is 11.6 Å². The van der Waals surface area contributed by atoms with Gasteiger partial charge in [-0.1, -0.05) is 23.7 Å². The second-order valence-electron chi connectivity index (χ2n) is 9.54. The Morgan fingerprint density at radius 3 is 2.42 bits per heavy atom. The first-order chi connectivity index (χ1) is 17.4. The number of carbonyl (C=O) groups is 1. The molecule has 0 saturated heterocycles. The maximum Gasteiger partial charge on any atom is 0.255 e. The fourth-order valence-corrected chi connectivity index (χ4v) is 4.88. The summed E-state index contributed by atoms with van der Waals surface area (Å²) in [5.74, 6) is 2.72. The van der Waals surface area contributed by atoms with Gasteiger partial charge in [-0.3, -0.25) is 4.79 Å². The number of para-hydroxylation sites is 1. The third kappa shape index (κ3) is 5.16. The SMILES string of the molecule is Cc1oc(-c2ccc(Cl)cc2)cc1C(=O)NC1CCC(Nc2nc(N(C)C)c3ccccc3n2)CC1. The summed E-state index contributed by atoms with van der Waals surface area (Å²) in [4.78, 5) is 24.5. The van der Waals surface area contributed by atoms with Gasteiger partial charge in [-0.15, -0.1) is 0 Å². The first-order valence-corrected chi connectivity index (χ1v) is 12.6. The van der Waals surface area contributed by atoms with E-state index in [1.807, 2.05) is 74.4 Å². The van der Waals surface area contributed by atoms with Gasteiger partial charge in [-0.25, -0.2) is 4.98 Å². The first kappa shape index (κ1) is 24.1. The number of fused-ring (bicyclic) bond motifs is 1. The average molecular weight is 504 g/mol. The lowest BCUT2D eigenvalue weighted by atomic mass is 9.91.